The Kier molecular flexibility index (Phi) is 8.09. The lowest BCUT2D eigenvalue weighted by atomic mass is 9.83. The van der Waals surface area contributed by atoms with Crippen LogP contribution < -0.4 is 10.2 Å². The zero-order valence-corrected chi connectivity index (χ0v) is 26.7. The van der Waals surface area contributed by atoms with Gasteiger partial charge in [-0.05, 0) is 82.8 Å². The largest absolute Gasteiger partial charge is 0.390 e. The predicted molar refractivity (Wildman–Crippen MR) is 177 cm³/mol. The lowest BCUT2D eigenvalue weighted by Crippen LogP contribution is -2.52. The lowest BCUT2D eigenvalue weighted by molar-refractivity contribution is 0.0106. The molecule has 3 aromatic heterocycles. The minimum Gasteiger partial charge on any atom is -0.390 e. The van der Waals surface area contributed by atoms with E-state index in [4.69, 9.17) is 4.98 Å². The average Bonchev–Trinajstić information content (AvgIpc) is 3.64. The van der Waals surface area contributed by atoms with E-state index in [0.717, 1.165) is 55.6 Å². The van der Waals surface area contributed by atoms with Gasteiger partial charge in [-0.2, -0.15) is 5.10 Å². The fraction of sp³-hybridized carbons (Fsp3) is 0.529. The maximum absolute atomic E-state index is 13.6. The number of likely N-dealkylation sites (N-methyl/N-ethyl adjacent to an activating group) is 1. The molecule has 11 nitrogen and oxygen atoms in total. The standard InChI is InChI=1S/C34H45N9O2/c1-34(45)11-6-27(7-12-34)43-31-21-28(41-14-9-26(10-15-41)42-18-16-39(2)17-19-42)4-5-29(31)37-33(43)38-32(44)24-8-13-35-30(20-24)25-22-36-40(3)23-25/h4-5,8,13,20-23,26-27,45H,6-7,9-12,14-19H2,1-3H3,(H,37,38,44). The number of rotatable bonds is 6. The normalized spacial score (nSPS) is 23.9. The van der Waals surface area contributed by atoms with E-state index in [1.54, 1.807) is 29.2 Å². The Morgan fingerprint density at radius 1 is 0.956 bits per heavy atom. The van der Waals surface area contributed by atoms with E-state index >= 15 is 0 Å². The third kappa shape index (κ3) is 6.34. The predicted octanol–water partition coefficient (Wildman–Crippen LogP) is 4.17. The fourth-order valence-corrected chi connectivity index (χ4v) is 7.35. The van der Waals surface area contributed by atoms with Crippen molar-refractivity contribution in [2.75, 3.05) is 56.5 Å². The number of hydrogen-bond acceptors (Lipinski definition) is 8. The van der Waals surface area contributed by atoms with Crippen LogP contribution in [-0.2, 0) is 7.05 Å². The van der Waals surface area contributed by atoms with Crippen LogP contribution in [0.1, 0.15) is 61.8 Å². The van der Waals surface area contributed by atoms with Crippen molar-refractivity contribution in [3.05, 3.63) is 54.5 Å². The molecule has 0 bridgehead atoms. The van der Waals surface area contributed by atoms with Gasteiger partial charge in [-0.25, -0.2) is 4.98 Å². The van der Waals surface area contributed by atoms with Crippen molar-refractivity contribution in [3.8, 4) is 11.3 Å². The molecular weight excluding hydrogens is 566 g/mol. The molecule has 2 saturated heterocycles. The van der Waals surface area contributed by atoms with E-state index in [9.17, 15) is 9.90 Å². The number of fused-ring (bicyclic) bond motifs is 1. The van der Waals surface area contributed by atoms with Crippen molar-refractivity contribution in [1.82, 2.24) is 34.1 Å². The van der Waals surface area contributed by atoms with Crippen LogP contribution >= 0.6 is 0 Å². The first-order valence-corrected chi connectivity index (χ1v) is 16.4. The second-order valence-corrected chi connectivity index (χ2v) is 13.6. The van der Waals surface area contributed by atoms with Crippen LogP contribution in [0.5, 0.6) is 0 Å². The SMILES string of the molecule is CN1CCN(C2CCN(c3ccc4nc(NC(=O)c5ccnc(-c6cnn(C)c6)c5)n(C5CCC(C)(O)CC5)c4c3)CC2)CC1. The van der Waals surface area contributed by atoms with Crippen LogP contribution in [0.2, 0.25) is 0 Å². The molecule has 11 heteroatoms. The summed E-state index contributed by atoms with van der Waals surface area (Å²) in [4.78, 5) is 30.7. The fourth-order valence-electron chi connectivity index (χ4n) is 7.35. The molecule has 7 rings (SSSR count). The van der Waals surface area contributed by atoms with Crippen LogP contribution in [-0.4, -0.2) is 103 Å². The molecule has 0 spiro atoms. The highest BCUT2D eigenvalue weighted by molar-refractivity contribution is 6.04. The number of carbonyl (C=O) groups excluding carboxylic acids is 1. The third-order valence-electron chi connectivity index (χ3n) is 10.2. The summed E-state index contributed by atoms with van der Waals surface area (Å²) in [6.07, 6.45) is 10.7. The second kappa shape index (κ2) is 12.2. The van der Waals surface area contributed by atoms with Gasteiger partial charge in [0.15, 0.2) is 0 Å². The third-order valence-corrected chi connectivity index (χ3v) is 10.2. The number of nitrogens with one attached hydrogen (secondary N) is 1. The number of carbonyl (C=O) groups is 1. The highest BCUT2D eigenvalue weighted by atomic mass is 16.3. The Balaban J connectivity index is 1.15. The lowest BCUT2D eigenvalue weighted by Gasteiger charge is -2.42. The average molecular weight is 612 g/mol. The zero-order valence-electron chi connectivity index (χ0n) is 26.7. The first kappa shape index (κ1) is 29.9. The molecule has 1 saturated carbocycles. The number of aromatic nitrogens is 5. The van der Waals surface area contributed by atoms with Gasteiger partial charge in [0.05, 0.1) is 28.5 Å². The maximum atomic E-state index is 13.6. The van der Waals surface area contributed by atoms with Gasteiger partial charge < -0.3 is 19.5 Å². The molecule has 5 heterocycles. The molecule has 4 aromatic rings. The molecule has 0 radical (unpaired) electrons. The molecule has 238 valence electrons. The Morgan fingerprint density at radius 3 is 2.42 bits per heavy atom. The number of imidazole rings is 1. The summed E-state index contributed by atoms with van der Waals surface area (Å²) in [6.45, 7) is 8.64. The summed E-state index contributed by atoms with van der Waals surface area (Å²) < 4.78 is 3.93. The smallest absolute Gasteiger partial charge is 0.258 e. The Morgan fingerprint density at radius 2 is 1.71 bits per heavy atom. The van der Waals surface area contributed by atoms with Crippen LogP contribution in [0.25, 0.3) is 22.3 Å². The number of nitrogens with zero attached hydrogens (tertiary/aromatic N) is 8. The molecule has 3 fully saturated rings. The number of aliphatic hydroxyl groups is 1. The van der Waals surface area contributed by atoms with Crippen LogP contribution in [0.3, 0.4) is 0 Å². The molecule has 1 amide bonds. The van der Waals surface area contributed by atoms with Gasteiger partial charge >= 0.3 is 0 Å². The van der Waals surface area contributed by atoms with Crippen LogP contribution in [0.4, 0.5) is 11.6 Å². The summed E-state index contributed by atoms with van der Waals surface area (Å²) in [5, 5.41) is 18.1. The van der Waals surface area contributed by atoms with E-state index in [1.165, 1.54) is 31.6 Å². The minimum absolute atomic E-state index is 0.132. The second-order valence-electron chi connectivity index (χ2n) is 13.6. The minimum atomic E-state index is -0.657. The monoisotopic (exact) mass is 611 g/mol. The molecule has 2 N–H and O–H groups in total. The van der Waals surface area contributed by atoms with Crippen molar-refractivity contribution in [2.45, 2.75) is 63.1 Å². The first-order valence-electron chi connectivity index (χ1n) is 16.4. The molecule has 1 aliphatic carbocycles. The van der Waals surface area contributed by atoms with Crippen molar-refractivity contribution >= 4 is 28.6 Å². The Hall–Kier alpha value is -3.80. The summed E-state index contributed by atoms with van der Waals surface area (Å²) in [5.74, 6) is 0.320. The van der Waals surface area contributed by atoms with Crippen molar-refractivity contribution in [1.29, 1.82) is 0 Å². The number of amides is 1. The first-order chi connectivity index (χ1) is 21.7. The summed E-state index contributed by atoms with van der Waals surface area (Å²) in [6, 6.07) is 10.8. The van der Waals surface area contributed by atoms with Gasteiger partial charge in [0.1, 0.15) is 0 Å². The van der Waals surface area contributed by atoms with Gasteiger partial charge in [-0.1, -0.05) is 0 Å². The summed E-state index contributed by atoms with van der Waals surface area (Å²) >= 11 is 0. The maximum Gasteiger partial charge on any atom is 0.258 e. The number of aryl methyl sites for hydroxylation is 1. The number of pyridine rings is 1. The summed E-state index contributed by atoms with van der Waals surface area (Å²) in [7, 11) is 4.07. The zero-order chi connectivity index (χ0) is 31.1. The molecular formula is C34H45N9O2. The van der Waals surface area contributed by atoms with Crippen molar-refractivity contribution in [2.24, 2.45) is 7.05 Å². The van der Waals surface area contributed by atoms with Gasteiger partial charge in [0.25, 0.3) is 5.91 Å². The van der Waals surface area contributed by atoms with Crippen LogP contribution in [0.15, 0.2) is 48.9 Å². The highest BCUT2D eigenvalue weighted by Gasteiger charge is 2.32. The molecule has 0 atom stereocenters. The number of piperazine rings is 1. The van der Waals surface area contributed by atoms with Gasteiger partial charge in [-0.15, -0.1) is 0 Å². The molecule has 2 aliphatic heterocycles. The van der Waals surface area contributed by atoms with Crippen molar-refractivity contribution < 1.29 is 9.90 Å². The van der Waals surface area contributed by atoms with Gasteiger partial charge in [-0.3, -0.25) is 24.7 Å². The van der Waals surface area contributed by atoms with E-state index in [0.29, 0.717) is 36.1 Å². The van der Waals surface area contributed by atoms with Gasteiger partial charge in [0.2, 0.25) is 5.95 Å². The number of hydrogen-bond donors (Lipinski definition) is 2. The summed E-state index contributed by atoms with van der Waals surface area (Å²) in [5.41, 5.74) is 4.50. The Labute approximate surface area is 264 Å². The number of benzene rings is 1. The number of piperidine rings is 1. The molecule has 45 heavy (non-hydrogen) atoms. The van der Waals surface area contributed by atoms with Gasteiger partial charge in [0, 0.05) is 87.6 Å². The molecule has 1 aromatic carbocycles. The van der Waals surface area contributed by atoms with E-state index in [1.807, 2.05) is 20.2 Å². The van der Waals surface area contributed by atoms with E-state index < -0.39 is 5.60 Å². The molecule has 0 unspecified atom stereocenters. The molecule has 3 aliphatic rings. The topological polar surface area (TPSA) is 108 Å². The van der Waals surface area contributed by atoms with Crippen LogP contribution in [0, 0.1) is 0 Å². The van der Waals surface area contributed by atoms with E-state index in [-0.39, 0.29) is 11.9 Å². The highest BCUT2D eigenvalue weighted by Crippen LogP contribution is 2.39. The quantitative estimate of drug-likeness (QED) is 0.335. The Bertz CT molecular complexity index is 1650. The van der Waals surface area contributed by atoms with Crippen molar-refractivity contribution in [3.63, 3.8) is 0 Å². The number of anilines is 2. The van der Waals surface area contributed by atoms with E-state index in [2.05, 4.69) is 59.9 Å².